The number of hydrogen-bond acceptors (Lipinski definition) is 3. The van der Waals surface area contributed by atoms with Crippen molar-refractivity contribution in [2.75, 3.05) is 46.3 Å². The normalized spacial score (nSPS) is 23.8. The van der Waals surface area contributed by atoms with E-state index in [1.54, 1.807) is 11.1 Å². The van der Waals surface area contributed by atoms with Crippen LogP contribution in [-0.2, 0) is 6.42 Å². The molecule has 0 amide bonds. The molecule has 1 aromatic carbocycles. The average Bonchev–Trinajstić information content (AvgIpc) is 2.53. The smallest absolute Gasteiger partial charge is 0.0348 e. The molecule has 3 rings (SSSR count). The van der Waals surface area contributed by atoms with Crippen LogP contribution in [0.2, 0.25) is 0 Å². The summed E-state index contributed by atoms with van der Waals surface area (Å²) in [7, 11) is 2.30. The topological polar surface area (TPSA) is 18.5 Å². The highest BCUT2D eigenvalue weighted by molar-refractivity contribution is 5.32. The Balaban J connectivity index is 1.58. The fourth-order valence-electron chi connectivity index (χ4n) is 3.58. The summed E-state index contributed by atoms with van der Waals surface area (Å²) >= 11 is 0. The SMILES string of the molecule is CN(CCN1CCNCC1)C1CCCc2ccccc21. The van der Waals surface area contributed by atoms with Gasteiger partial charge >= 0.3 is 0 Å². The quantitative estimate of drug-likeness (QED) is 0.904. The monoisotopic (exact) mass is 273 g/mol. The van der Waals surface area contributed by atoms with Gasteiger partial charge in [-0.25, -0.2) is 0 Å². The maximum Gasteiger partial charge on any atom is 0.0348 e. The van der Waals surface area contributed by atoms with Crippen LogP contribution in [-0.4, -0.2) is 56.1 Å². The van der Waals surface area contributed by atoms with Crippen molar-refractivity contribution in [2.45, 2.75) is 25.3 Å². The van der Waals surface area contributed by atoms with Gasteiger partial charge in [-0.1, -0.05) is 24.3 Å². The fraction of sp³-hybridized carbons (Fsp3) is 0.647. The first-order valence-corrected chi connectivity index (χ1v) is 8.06. The van der Waals surface area contributed by atoms with Crippen LogP contribution >= 0.6 is 0 Å². The predicted octanol–water partition coefficient (Wildman–Crippen LogP) is 1.90. The third kappa shape index (κ3) is 3.22. The summed E-state index contributed by atoms with van der Waals surface area (Å²) in [6.45, 7) is 7.09. The Hall–Kier alpha value is -0.900. The van der Waals surface area contributed by atoms with Crippen molar-refractivity contribution >= 4 is 0 Å². The molecule has 3 nitrogen and oxygen atoms in total. The summed E-state index contributed by atoms with van der Waals surface area (Å²) in [5.41, 5.74) is 3.14. The second kappa shape index (κ2) is 6.70. The Labute approximate surface area is 123 Å². The fourth-order valence-corrected chi connectivity index (χ4v) is 3.58. The third-order valence-corrected chi connectivity index (χ3v) is 4.85. The highest BCUT2D eigenvalue weighted by Crippen LogP contribution is 2.33. The van der Waals surface area contributed by atoms with Crippen LogP contribution < -0.4 is 5.32 Å². The van der Waals surface area contributed by atoms with Crippen molar-refractivity contribution in [1.82, 2.24) is 15.1 Å². The van der Waals surface area contributed by atoms with Gasteiger partial charge < -0.3 is 5.32 Å². The van der Waals surface area contributed by atoms with Crippen LogP contribution in [0.3, 0.4) is 0 Å². The Bertz CT molecular complexity index is 426. The molecule has 0 radical (unpaired) electrons. The van der Waals surface area contributed by atoms with Crippen molar-refractivity contribution < 1.29 is 0 Å². The minimum atomic E-state index is 0.628. The van der Waals surface area contributed by atoms with Crippen molar-refractivity contribution in [1.29, 1.82) is 0 Å². The van der Waals surface area contributed by atoms with Gasteiger partial charge in [0.2, 0.25) is 0 Å². The summed E-state index contributed by atoms with van der Waals surface area (Å²) in [5, 5.41) is 3.42. The first kappa shape index (κ1) is 14.1. The number of piperazine rings is 1. The van der Waals surface area contributed by atoms with Gasteiger partial charge in [0.05, 0.1) is 0 Å². The zero-order valence-corrected chi connectivity index (χ0v) is 12.6. The number of nitrogens with zero attached hydrogens (tertiary/aromatic N) is 2. The average molecular weight is 273 g/mol. The molecule has 1 aromatic rings. The number of aryl methyl sites for hydroxylation is 1. The van der Waals surface area contributed by atoms with Crippen LogP contribution in [0.5, 0.6) is 0 Å². The number of nitrogens with one attached hydrogen (secondary N) is 1. The second-order valence-electron chi connectivity index (χ2n) is 6.18. The number of rotatable bonds is 4. The molecule has 1 saturated heterocycles. The lowest BCUT2D eigenvalue weighted by atomic mass is 9.87. The lowest BCUT2D eigenvalue weighted by Crippen LogP contribution is -2.46. The van der Waals surface area contributed by atoms with E-state index in [4.69, 9.17) is 0 Å². The molecule has 1 fully saturated rings. The second-order valence-corrected chi connectivity index (χ2v) is 6.18. The lowest BCUT2D eigenvalue weighted by Gasteiger charge is -2.35. The molecule has 110 valence electrons. The zero-order chi connectivity index (χ0) is 13.8. The summed E-state index contributed by atoms with van der Waals surface area (Å²) in [6, 6.07) is 9.65. The molecule has 2 aliphatic rings. The summed E-state index contributed by atoms with van der Waals surface area (Å²) in [6.07, 6.45) is 3.91. The van der Waals surface area contributed by atoms with E-state index in [-0.39, 0.29) is 0 Å². The maximum atomic E-state index is 3.42. The Morgan fingerprint density at radius 2 is 2.05 bits per heavy atom. The van der Waals surface area contributed by atoms with Gasteiger partial charge in [0.1, 0.15) is 0 Å². The van der Waals surface area contributed by atoms with Crippen molar-refractivity contribution in [2.24, 2.45) is 0 Å². The summed E-state index contributed by atoms with van der Waals surface area (Å²) in [4.78, 5) is 5.15. The molecular weight excluding hydrogens is 246 g/mol. The van der Waals surface area contributed by atoms with Gasteiger partial charge in [0.25, 0.3) is 0 Å². The van der Waals surface area contributed by atoms with Crippen molar-refractivity contribution in [3.63, 3.8) is 0 Å². The number of benzene rings is 1. The van der Waals surface area contributed by atoms with Crippen molar-refractivity contribution in [3.05, 3.63) is 35.4 Å². The Morgan fingerprint density at radius 1 is 1.25 bits per heavy atom. The molecule has 1 N–H and O–H groups in total. The van der Waals surface area contributed by atoms with E-state index in [0.717, 1.165) is 13.1 Å². The van der Waals surface area contributed by atoms with Crippen LogP contribution in [0.15, 0.2) is 24.3 Å². The molecule has 3 heteroatoms. The summed E-state index contributed by atoms with van der Waals surface area (Å²) < 4.78 is 0. The minimum absolute atomic E-state index is 0.628. The van der Waals surface area contributed by atoms with E-state index in [0.29, 0.717) is 6.04 Å². The van der Waals surface area contributed by atoms with Crippen LogP contribution in [0.25, 0.3) is 0 Å². The van der Waals surface area contributed by atoms with Gasteiger partial charge in [-0.05, 0) is 37.4 Å². The van der Waals surface area contributed by atoms with E-state index in [9.17, 15) is 0 Å². The van der Waals surface area contributed by atoms with E-state index >= 15 is 0 Å². The standard InChI is InChI=1S/C17H27N3/c1-19(13-14-20-11-9-18-10-12-20)17-8-4-6-15-5-2-3-7-16(15)17/h2-3,5,7,17-18H,4,6,8-14H2,1H3. The first-order chi connectivity index (χ1) is 9.84. The van der Waals surface area contributed by atoms with E-state index in [2.05, 4.69) is 46.4 Å². The van der Waals surface area contributed by atoms with Crippen molar-refractivity contribution in [3.8, 4) is 0 Å². The number of likely N-dealkylation sites (N-methyl/N-ethyl adjacent to an activating group) is 1. The lowest BCUT2D eigenvalue weighted by molar-refractivity contribution is 0.167. The van der Waals surface area contributed by atoms with Gasteiger partial charge in [0.15, 0.2) is 0 Å². The van der Waals surface area contributed by atoms with Gasteiger partial charge in [0, 0.05) is 45.3 Å². The molecule has 1 heterocycles. The van der Waals surface area contributed by atoms with E-state index in [1.807, 2.05) is 0 Å². The largest absolute Gasteiger partial charge is 0.314 e. The highest BCUT2D eigenvalue weighted by Gasteiger charge is 2.23. The first-order valence-electron chi connectivity index (χ1n) is 8.06. The number of fused-ring (bicyclic) bond motifs is 1. The van der Waals surface area contributed by atoms with Crippen LogP contribution in [0.4, 0.5) is 0 Å². The predicted molar refractivity (Wildman–Crippen MR) is 84.1 cm³/mol. The molecular formula is C17H27N3. The Morgan fingerprint density at radius 3 is 2.90 bits per heavy atom. The summed E-state index contributed by atoms with van der Waals surface area (Å²) in [5.74, 6) is 0. The van der Waals surface area contributed by atoms with Gasteiger partial charge in [-0.15, -0.1) is 0 Å². The molecule has 0 aromatic heterocycles. The minimum Gasteiger partial charge on any atom is -0.314 e. The van der Waals surface area contributed by atoms with E-state index < -0.39 is 0 Å². The van der Waals surface area contributed by atoms with Crippen LogP contribution in [0.1, 0.15) is 30.0 Å². The Kier molecular flexibility index (Phi) is 4.71. The maximum absolute atomic E-state index is 3.42. The molecule has 1 atom stereocenters. The molecule has 0 saturated carbocycles. The number of hydrogen-bond donors (Lipinski definition) is 1. The van der Waals surface area contributed by atoms with Crippen LogP contribution in [0, 0.1) is 0 Å². The van der Waals surface area contributed by atoms with Gasteiger partial charge in [-0.3, -0.25) is 9.80 Å². The third-order valence-electron chi connectivity index (χ3n) is 4.85. The zero-order valence-electron chi connectivity index (χ0n) is 12.6. The molecule has 1 unspecified atom stereocenters. The highest BCUT2D eigenvalue weighted by atomic mass is 15.2. The van der Waals surface area contributed by atoms with Gasteiger partial charge in [-0.2, -0.15) is 0 Å². The molecule has 1 aliphatic carbocycles. The molecule has 1 aliphatic heterocycles. The molecule has 0 spiro atoms. The van der Waals surface area contributed by atoms with E-state index in [1.165, 1.54) is 45.4 Å². The molecule has 20 heavy (non-hydrogen) atoms. The molecule has 0 bridgehead atoms.